The van der Waals surface area contributed by atoms with Crippen LogP contribution in [0, 0.1) is 0 Å². The molecule has 1 aromatic carbocycles. The average Bonchev–Trinajstić information content (AvgIpc) is 2.37. The third kappa shape index (κ3) is 3.34. The molecule has 0 aliphatic rings. The molecule has 0 heterocycles. The van der Waals surface area contributed by atoms with Crippen molar-refractivity contribution in [3.63, 3.8) is 0 Å². The largest absolute Gasteiger partial charge is 0.497 e. The number of benzene rings is 1. The number of sulfonamides is 1. The molecule has 0 fully saturated rings. The molecule has 0 aromatic heterocycles. The number of nitrogens with one attached hydrogen (secondary N) is 1. The van der Waals surface area contributed by atoms with Crippen LogP contribution in [0.1, 0.15) is 6.92 Å². The third-order valence-corrected chi connectivity index (χ3v) is 4.00. The van der Waals surface area contributed by atoms with Crippen LogP contribution < -0.4 is 19.9 Å². The minimum absolute atomic E-state index is 0.0612. The second-order valence-corrected chi connectivity index (χ2v) is 5.46. The number of methoxy groups -OCH3 is 2. The quantitative estimate of drug-likeness (QED) is 0.780. The van der Waals surface area contributed by atoms with Crippen molar-refractivity contribution >= 4 is 10.0 Å². The summed E-state index contributed by atoms with van der Waals surface area (Å²) in [6.45, 7) is 1.91. The normalized spacial score (nSPS) is 13.1. The molecule has 0 saturated carbocycles. The lowest BCUT2D eigenvalue weighted by molar-refractivity contribution is 0.385. The van der Waals surface area contributed by atoms with E-state index in [0.29, 0.717) is 5.75 Å². The molecule has 0 aliphatic heterocycles. The van der Waals surface area contributed by atoms with E-state index in [2.05, 4.69) is 4.72 Å². The summed E-state index contributed by atoms with van der Waals surface area (Å²) >= 11 is 0. The van der Waals surface area contributed by atoms with Crippen molar-refractivity contribution in [2.75, 3.05) is 20.8 Å². The predicted molar refractivity (Wildman–Crippen MR) is 68.4 cm³/mol. The van der Waals surface area contributed by atoms with Gasteiger partial charge in [0.2, 0.25) is 10.0 Å². The first kappa shape index (κ1) is 14.7. The van der Waals surface area contributed by atoms with E-state index in [4.69, 9.17) is 15.2 Å². The summed E-state index contributed by atoms with van der Waals surface area (Å²) < 4.78 is 36.7. The average molecular weight is 274 g/mol. The smallest absolute Gasteiger partial charge is 0.244 e. The molecule has 102 valence electrons. The molecular weight excluding hydrogens is 256 g/mol. The minimum Gasteiger partial charge on any atom is -0.497 e. The van der Waals surface area contributed by atoms with Gasteiger partial charge in [0.1, 0.15) is 16.4 Å². The van der Waals surface area contributed by atoms with Crippen LogP contribution in [0.3, 0.4) is 0 Å². The monoisotopic (exact) mass is 274 g/mol. The summed E-state index contributed by atoms with van der Waals surface area (Å²) in [6.07, 6.45) is 0. The zero-order chi connectivity index (χ0) is 13.8. The van der Waals surface area contributed by atoms with E-state index >= 15 is 0 Å². The van der Waals surface area contributed by atoms with Gasteiger partial charge in [-0.1, -0.05) is 0 Å². The zero-order valence-electron chi connectivity index (χ0n) is 10.6. The zero-order valence-corrected chi connectivity index (χ0v) is 11.5. The van der Waals surface area contributed by atoms with Crippen LogP contribution >= 0.6 is 0 Å². The highest BCUT2D eigenvalue weighted by molar-refractivity contribution is 7.89. The van der Waals surface area contributed by atoms with Crippen molar-refractivity contribution in [2.24, 2.45) is 5.73 Å². The molecule has 6 nitrogen and oxygen atoms in total. The van der Waals surface area contributed by atoms with Gasteiger partial charge in [-0.05, 0) is 19.1 Å². The molecular formula is C11H18N2O4S. The third-order valence-electron chi connectivity index (χ3n) is 2.37. The number of hydrogen-bond donors (Lipinski definition) is 2. The summed E-state index contributed by atoms with van der Waals surface area (Å²) in [6, 6.07) is 4.16. The fourth-order valence-electron chi connectivity index (χ4n) is 1.37. The van der Waals surface area contributed by atoms with E-state index in [1.165, 1.54) is 26.4 Å². The molecule has 0 aliphatic carbocycles. The summed E-state index contributed by atoms with van der Waals surface area (Å²) in [5.74, 6) is 0.753. The first-order valence-corrected chi connectivity index (χ1v) is 6.87. The molecule has 7 heteroatoms. The maximum absolute atomic E-state index is 12.1. The van der Waals surface area contributed by atoms with Gasteiger partial charge < -0.3 is 15.2 Å². The van der Waals surface area contributed by atoms with Gasteiger partial charge in [0.25, 0.3) is 0 Å². The maximum Gasteiger partial charge on any atom is 0.244 e. The van der Waals surface area contributed by atoms with Gasteiger partial charge >= 0.3 is 0 Å². The van der Waals surface area contributed by atoms with Gasteiger partial charge in [0.15, 0.2) is 0 Å². The molecule has 0 radical (unpaired) electrons. The Hall–Kier alpha value is -1.31. The molecule has 18 heavy (non-hydrogen) atoms. The molecule has 0 saturated heterocycles. The highest BCUT2D eigenvalue weighted by atomic mass is 32.2. The van der Waals surface area contributed by atoms with E-state index in [9.17, 15) is 8.42 Å². The summed E-state index contributed by atoms with van der Waals surface area (Å²) in [7, 11) is -0.749. The highest BCUT2D eigenvalue weighted by Gasteiger charge is 2.21. The Balaban J connectivity index is 3.15. The molecule has 1 rings (SSSR count). The lowest BCUT2D eigenvalue weighted by atomic mass is 10.3. The van der Waals surface area contributed by atoms with Gasteiger partial charge in [-0.2, -0.15) is 0 Å². The predicted octanol–water partition coefficient (Wildman–Crippen LogP) is 0.329. The Kier molecular flexibility index (Phi) is 4.94. The lowest BCUT2D eigenvalue weighted by Crippen LogP contribution is -2.37. The molecule has 1 aromatic rings. The van der Waals surface area contributed by atoms with Crippen LogP contribution in [0.5, 0.6) is 11.5 Å². The maximum atomic E-state index is 12.1. The first-order chi connectivity index (χ1) is 8.44. The van der Waals surface area contributed by atoms with Crippen LogP contribution in [0.4, 0.5) is 0 Å². The highest BCUT2D eigenvalue weighted by Crippen LogP contribution is 2.28. The first-order valence-electron chi connectivity index (χ1n) is 5.39. The van der Waals surface area contributed by atoms with Gasteiger partial charge in [0.05, 0.1) is 14.2 Å². The molecule has 3 N–H and O–H groups in total. The van der Waals surface area contributed by atoms with Crippen LogP contribution in [-0.4, -0.2) is 35.2 Å². The van der Waals surface area contributed by atoms with Crippen molar-refractivity contribution in [3.8, 4) is 11.5 Å². The van der Waals surface area contributed by atoms with E-state index in [1.807, 2.05) is 0 Å². The second kappa shape index (κ2) is 6.03. The topological polar surface area (TPSA) is 90.7 Å². The molecule has 0 spiro atoms. The van der Waals surface area contributed by atoms with E-state index in [0.717, 1.165) is 0 Å². The Bertz CT molecular complexity index is 502. The second-order valence-electron chi connectivity index (χ2n) is 3.77. The van der Waals surface area contributed by atoms with Crippen LogP contribution in [0.15, 0.2) is 23.1 Å². The van der Waals surface area contributed by atoms with Crippen LogP contribution in [0.2, 0.25) is 0 Å². The van der Waals surface area contributed by atoms with E-state index < -0.39 is 10.0 Å². The molecule has 0 bridgehead atoms. The summed E-state index contributed by atoms with van der Waals surface area (Å²) in [5.41, 5.74) is 5.40. The summed E-state index contributed by atoms with van der Waals surface area (Å²) in [4.78, 5) is 0.0612. The summed E-state index contributed by atoms with van der Waals surface area (Å²) in [5, 5.41) is 0. The van der Waals surface area contributed by atoms with Crippen molar-refractivity contribution < 1.29 is 17.9 Å². The molecule has 0 unspecified atom stereocenters. The van der Waals surface area contributed by atoms with Crippen molar-refractivity contribution in [3.05, 3.63) is 18.2 Å². The van der Waals surface area contributed by atoms with Gasteiger partial charge in [-0.25, -0.2) is 13.1 Å². The Labute approximate surface area is 107 Å². The SMILES string of the molecule is COc1ccc(S(=O)(=O)N[C@H](C)CN)c(OC)c1. The Morgan fingerprint density at radius 1 is 1.33 bits per heavy atom. The van der Waals surface area contributed by atoms with Gasteiger partial charge in [-0.3, -0.25) is 0 Å². The van der Waals surface area contributed by atoms with Crippen molar-refractivity contribution in [1.82, 2.24) is 4.72 Å². The fraction of sp³-hybridized carbons (Fsp3) is 0.455. The van der Waals surface area contributed by atoms with E-state index in [1.54, 1.807) is 13.0 Å². The number of ether oxygens (including phenoxy) is 2. The molecule has 1 atom stereocenters. The fourth-order valence-corrected chi connectivity index (χ4v) is 2.78. The van der Waals surface area contributed by atoms with E-state index in [-0.39, 0.29) is 23.2 Å². The Morgan fingerprint density at radius 3 is 2.50 bits per heavy atom. The number of nitrogens with two attached hydrogens (primary N) is 1. The van der Waals surface area contributed by atoms with Crippen LogP contribution in [0.25, 0.3) is 0 Å². The Morgan fingerprint density at radius 2 is 2.00 bits per heavy atom. The van der Waals surface area contributed by atoms with Crippen molar-refractivity contribution in [2.45, 2.75) is 17.9 Å². The van der Waals surface area contributed by atoms with Crippen LogP contribution in [-0.2, 0) is 10.0 Å². The standard InChI is InChI=1S/C11H18N2O4S/c1-8(7-12)13-18(14,15)11-5-4-9(16-2)6-10(11)17-3/h4-6,8,13H,7,12H2,1-3H3/t8-/m1/s1. The minimum atomic E-state index is -3.65. The number of rotatable bonds is 6. The van der Waals surface area contributed by atoms with Crippen molar-refractivity contribution in [1.29, 1.82) is 0 Å². The molecule has 0 amide bonds. The van der Waals surface area contributed by atoms with Gasteiger partial charge in [-0.15, -0.1) is 0 Å². The van der Waals surface area contributed by atoms with Gasteiger partial charge in [0, 0.05) is 18.7 Å². The lowest BCUT2D eigenvalue weighted by Gasteiger charge is -2.14. The number of hydrogen-bond acceptors (Lipinski definition) is 5.